The quantitative estimate of drug-likeness (QED) is 0.598. The van der Waals surface area contributed by atoms with Gasteiger partial charge >= 0.3 is 0 Å². The van der Waals surface area contributed by atoms with E-state index < -0.39 is 6.10 Å². The fraction of sp³-hybridized carbons (Fsp3) is 0.462. The van der Waals surface area contributed by atoms with Crippen LogP contribution in [-0.4, -0.2) is 72.9 Å². The summed E-state index contributed by atoms with van der Waals surface area (Å²) >= 11 is 0. The van der Waals surface area contributed by atoms with Crippen LogP contribution in [0, 0.1) is 0 Å². The highest BCUT2D eigenvalue weighted by atomic mass is 16.5. The number of nitrogens with zero attached hydrogens (tertiary/aromatic N) is 1. The molecule has 34 heavy (non-hydrogen) atoms. The summed E-state index contributed by atoms with van der Waals surface area (Å²) in [6.45, 7) is 1.95. The third-order valence-corrected chi connectivity index (χ3v) is 7.22. The standard InChI is InChI=1S/C26H31N3O5/c1-33-24-11-17(26(32)29-19-7-8-20(29)15-34-14-19)6-9-21(24)25(31)28-13-23(30)22-10-16-4-2-3-5-18(16)12-27-22/h2-6,9,11,19-20,22-23,27,30H,7-8,10,12-15H2,1H3,(H,28,31). The highest BCUT2D eigenvalue weighted by Gasteiger charge is 2.40. The average molecular weight is 466 g/mol. The number of ether oxygens (including phenoxy) is 2. The zero-order valence-electron chi connectivity index (χ0n) is 19.3. The Morgan fingerprint density at radius 3 is 2.65 bits per heavy atom. The predicted molar refractivity (Wildman–Crippen MR) is 126 cm³/mol. The number of hydrogen-bond acceptors (Lipinski definition) is 6. The van der Waals surface area contributed by atoms with Gasteiger partial charge in [0.05, 0.1) is 44.1 Å². The molecule has 2 saturated heterocycles. The molecule has 0 aromatic heterocycles. The Bertz CT molecular complexity index is 1060. The Kier molecular flexibility index (Phi) is 6.54. The monoisotopic (exact) mass is 465 g/mol. The summed E-state index contributed by atoms with van der Waals surface area (Å²) in [5.74, 6) is -0.0687. The summed E-state index contributed by atoms with van der Waals surface area (Å²) in [6, 6.07) is 13.2. The van der Waals surface area contributed by atoms with E-state index in [1.165, 1.54) is 18.2 Å². The molecule has 0 radical (unpaired) electrons. The number of aliphatic hydroxyl groups excluding tert-OH is 1. The van der Waals surface area contributed by atoms with Gasteiger partial charge in [-0.1, -0.05) is 24.3 Å². The Morgan fingerprint density at radius 1 is 1.18 bits per heavy atom. The number of morpholine rings is 1. The van der Waals surface area contributed by atoms with Gasteiger partial charge in [0.25, 0.3) is 11.8 Å². The van der Waals surface area contributed by atoms with E-state index in [1.54, 1.807) is 18.2 Å². The molecule has 4 unspecified atom stereocenters. The van der Waals surface area contributed by atoms with Crippen LogP contribution in [0.15, 0.2) is 42.5 Å². The lowest BCUT2D eigenvalue weighted by atomic mass is 9.93. The number of rotatable bonds is 6. The minimum absolute atomic E-state index is 0.0554. The Hall–Kier alpha value is -2.94. The minimum Gasteiger partial charge on any atom is -0.496 e. The summed E-state index contributed by atoms with van der Waals surface area (Å²) in [5.41, 5.74) is 3.28. The molecule has 2 aromatic carbocycles. The van der Waals surface area contributed by atoms with Crippen molar-refractivity contribution in [1.29, 1.82) is 0 Å². The molecule has 8 nitrogen and oxygen atoms in total. The minimum atomic E-state index is -0.735. The molecule has 0 saturated carbocycles. The molecular formula is C26H31N3O5. The van der Waals surface area contributed by atoms with E-state index in [4.69, 9.17) is 9.47 Å². The molecule has 0 aliphatic carbocycles. The van der Waals surface area contributed by atoms with Crippen molar-refractivity contribution < 1.29 is 24.2 Å². The lowest BCUT2D eigenvalue weighted by molar-refractivity contribution is -0.00717. The average Bonchev–Trinajstić information content (AvgIpc) is 3.13. The maximum Gasteiger partial charge on any atom is 0.255 e. The van der Waals surface area contributed by atoms with Gasteiger partial charge in [-0.2, -0.15) is 0 Å². The topological polar surface area (TPSA) is 100 Å². The van der Waals surface area contributed by atoms with Crippen molar-refractivity contribution in [1.82, 2.24) is 15.5 Å². The molecule has 3 aliphatic rings. The van der Waals surface area contributed by atoms with Crippen molar-refractivity contribution in [2.75, 3.05) is 26.9 Å². The number of nitrogens with one attached hydrogen (secondary N) is 2. The van der Waals surface area contributed by atoms with Crippen molar-refractivity contribution in [3.8, 4) is 5.75 Å². The molecule has 3 heterocycles. The lowest BCUT2D eigenvalue weighted by Gasteiger charge is -2.34. The van der Waals surface area contributed by atoms with E-state index in [-0.39, 0.29) is 36.5 Å². The van der Waals surface area contributed by atoms with Crippen LogP contribution < -0.4 is 15.4 Å². The number of fused-ring (bicyclic) bond motifs is 3. The van der Waals surface area contributed by atoms with E-state index in [1.807, 2.05) is 17.0 Å². The lowest BCUT2D eigenvalue weighted by Crippen LogP contribution is -2.49. The zero-order valence-corrected chi connectivity index (χ0v) is 19.3. The SMILES string of the molecule is COc1cc(C(=O)N2C3CCC2COC3)ccc1C(=O)NCC(O)C1Cc2ccccc2CN1. The molecule has 0 spiro atoms. The second-order valence-corrected chi connectivity index (χ2v) is 9.29. The third-order valence-electron chi connectivity index (χ3n) is 7.22. The number of amides is 2. The van der Waals surface area contributed by atoms with Crippen LogP contribution >= 0.6 is 0 Å². The number of methoxy groups -OCH3 is 1. The summed E-state index contributed by atoms with van der Waals surface area (Å²) in [5, 5.41) is 16.8. The number of hydrogen-bond donors (Lipinski definition) is 3. The van der Waals surface area contributed by atoms with E-state index in [2.05, 4.69) is 22.8 Å². The summed E-state index contributed by atoms with van der Waals surface area (Å²) < 4.78 is 11.0. The van der Waals surface area contributed by atoms with E-state index in [9.17, 15) is 14.7 Å². The highest BCUT2D eigenvalue weighted by Crippen LogP contribution is 2.31. The second kappa shape index (κ2) is 9.74. The van der Waals surface area contributed by atoms with Crippen LogP contribution in [0.5, 0.6) is 5.75 Å². The molecular weight excluding hydrogens is 434 g/mol. The summed E-state index contributed by atoms with van der Waals surface area (Å²) in [7, 11) is 1.48. The van der Waals surface area contributed by atoms with E-state index in [0.29, 0.717) is 43.1 Å². The molecule has 2 bridgehead atoms. The van der Waals surface area contributed by atoms with Crippen LogP contribution in [0.25, 0.3) is 0 Å². The summed E-state index contributed by atoms with van der Waals surface area (Å²) in [4.78, 5) is 28.0. The van der Waals surface area contributed by atoms with Gasteiger partial charge in [-0.15, -0.1) is 0 Å². The Labute approximate surface area is 199 Å². The van der Waals surface area contributed by atoms with Gasteiger partial charge in [0.1, 0.15) is 5.75 Å². The first-order valence-electron chi connectivity index (χ1n) is 11.9. The molecule has 5 rings (SSSR count). The van der Waals surface area contributed by atoms with Gasteiger partial charge < -0.3 is 30.1 Å². The van der Waals surface area contributed by atoms with Gasteiger partial charge in [0.2, 0.25) is 0 Å². The van der Waals surface area contributed by atoms with Gasteiger partial charge in [-0.3, -0.25) is 9.59 Å². The first kappa shape index (κ1) is 22.8. The van der Waals surface area contributed by atoms with E-state index in [0.717, 1.165) is 12.8 Å². The van der Waals surface area contributed by atoms with Gasteiger partial charge in [0, 0.05) is 24.7 Å². The fourth-order valence-corrected chi connectivity index (χ4v) is 5.31. The maximum atomic E-state index is 13.2. The molecule has 180 valence electrons. The Morgan fingerprint density at radius 2 is 1.91 bits per heavy atom. The number of carbonyl (C=O) groups excluding carboxylic acids is 2. The molecule has 8 heteroatoms. The maximum absolute atomic E-state index is 13.2. The normalized spacial score (nSPS) is 24.3. The first-order chi connectivity index (χ1) is 16.5. The number of carbonyl (C=O) groups is 2. The van der Waals surface area contributed by atoms with Crippen LogP contribution in [0.1, 0.15) is 44.7 Å². The van der Waals surface area contributed by atoms with Crippen molar-refractivity contribution in [3.63, 3.8) is 0 Å². The van der Waals surface area contributed by atoms with Gasteiger partial charge in [-0.25, -0.2) is 0 Å². The largest absolute Gasteiger partial charge is 0.496 e. The molecule has 3 N–H and O–H groups in total. The zero-order chi connectivity index (χ0) is 23.7. The Balaban J connectivity index is 1.22. The highest BCUT2D eigenvalue weighted by molar-refractivity contribution is 6.00. The molecule has 2 fully saturated rings. The van der Waals surface area contributed by atoms with Crippen LogP contribution in [0.4, 0.5) is 0 Å². The molecule has 2 aromatic rings. The smallest absolute Gasteiger partial charge is 0.255 e. The van der Waals surface area contributed by atoms with Crippen LogP contribution in [-0.2, 0) is 17.7 Å². The van der Waals surface area contributed by atoms with Crippen molar-refractivity contribution in [2.45, 2.75) is 50.0 Å². The predicted octanol–water partition coefficient (Wildman–Crippen LogP) is 1.50. The van der Waals surface area contributed by atoms with Gasteiger partial charge in [0.15, 0.2) is 0 Å². The molecule has 3 aliphatic heterocycles. The number of aliphatic hydroxyl groups is 1. The summed E-state index contributed by atoms with van der Waals surface area (Å²) in [6.07, 6.45) is 1.88. The molecule has 4 atom stereocenters. The third kappa shape index (κ3) is 4.41. The fourth-order valence-electron chi connectivity index (χ4n) is 5.31. The molecule has 2 amide bonds. The van der Waals surface area contributed by atoms with Crippen LogP contribution in [0.2, 0.25) is 0 Å². The van der Waals surface area contributed by atoms with Gasteiger partial charge in [-0.05, 0) is 48.6 Å². The first-order valence-corrected chi connectivity index (χ1v) is 11.9. The van der Waals surface area contributed by atoms with E-state index >= 15 is 0 Å². The van der Waals surface area contributed by atoms with Crippen molar-refractivity contribution >= 4 is 11.8 Å². The van der Waals surface area contributed by atoms with Crippen molar-refractivity contribution in [2.24, 2.45) is 0 Å². The number of benzene rings is 2. The van der Waals surface area contributed by atoms with Crippen molar-refractivity contribution in [3.05, 3.63) is 64.7 Å². The van der Waals surface area contributed by atoms with Crippen LogP contribution in [0.3, 0.4) is 0 Å². The second-order valence-electron chi connectivity index (χ2n) is 9.29.